The Kier molecular flexibility index (Phi) is 4.51. The molecule has 1 aromatic rings. The van der Waals surface area contributed by atoms with E-state index in [-0.39, 0.29) is 11.7 Å². The lowest BCUT2D eigenvalue weighted by atomic mass is 10.0. The van der Waals surface area contributed by atoms with Gasteiger partial charge in [0.1, 0.15) is 0 Å². The van der Waals surface area contributed by atoms with E-state index in [0.717, 1.165) is 12.0 Å². The second kappa shape index (κ2) is 5.89. The number of hydrogen-bond acceptors (Lipinski definition) is 3. The second-order valence-corrected chi connectivity index (χ2v) is 3.73. The molecule has 1 amide bonds. The van der Waals surface area contributed by atoms with Crippen LogP contribution in [0.25, 0.3) is 0 Å². The van der Waals surface area contributed by atoms with Crippen LogP contribution >= 0.6 is 0 Å². The molecule has 0 saturated carbocycles. The monoisotopic (exact) mass is 235 g/mol. The van der Waals surface area contributed by atoms with Gasteiger partial charge in [-0.15, -0.1) is 0 Å². The smallest absolute Gasteiger partial charge is 0.252 e. The molecule has 0 fully saturated rings. The van der Waals surface area contributed by atoms with Crippen LogP contribution in [0.4, 0.5) is 0 Å². The van der Waals surface area contributed by atoms with Gasteiger partial charge in [-0.25, -0.2) is 0 Å². The Morgan fingerprint density at radius 1 is 1.53 bits per heavy atom. The topological polar surface area (TPSA) is 87.7 Å². The van der Waals surface area contributed by atoms with Crippen LogP contribution in [-0.2, 0) is 6.42 Å². The zero-order valence-electron chi connectivity index (χ0n) is 9.97. The lowest BCUT2D eigenvalue weighted by molar-refractivity contribution is 0.0947. The highest BCUT2D eigenvalue weighted by Crippen LogP contribution is 2.09. The van der Waals surface area contributed by atoms with E-state index < -0.39 is 6.04 Å². The van der Waals surface area contributed by atoms with Crippen LogP contribution < -0.4 is 11.1 Å². The molecule has 1 aromatic carbocycles. The fraction of sp³-hybridized carbons (Fsp3) is 0.333. The number of nitrogens with two attached hydrogens (primary N) is 1. The predicted octanol–water partition coefficient (Wildman–Crippen LogP) is 1.11. The maximum absolute atomic E-state index is 12.0. The van der Waals surface area contributed by atoms with Gasteiger partial charge in [0.2, 0.25) is 0 Å². The number of hydrogen-bond donors (Lipinski definition) is 3. The quantitative estimate of drug-likeness (QED) is 0.316. The van der Waals surface area contributed by atoms with E-state index in [1.165, 1.54) is 0 Å². The molecule has 1 atom stereocenters. The van der Waals surface area contributed by atoms with E-state index in [1.807, 2.05) is 25.1 Å². The molecule has 0 aliphatic rings. The second-order valence-electron chi connectivity index (χ2n) is 3.73. The summed E-state index contributed by atoms with van der Waals surface area (Å²) in [6.07, 6.45) is 0.779. The van der Waals surface area contributed by atoms with Crippen LogP contribution in [-0.4, -0.2) is 23.0 Å². The first-order valence-electron chi connectivity index (χ1n) is 5.46. The van der Waals surface area contributed by atoms with Crippen molar-refractivity contribution >= 4 is 11.7 Å². The van der Waals surface area contributed by atoms with E-state index in [0.29, 0.717) is 5.56 Å². The molecule has 0 aliphatic heterocycles. The summed E-state index contributed by atoms with van der Waals surface area (Å²) < 4.78 is 0. The van der Waals surface area contributed by atoms with E-state index in [9.17, 15) is 4.79 Å². The third-order valence-electron chi connectivity index (χ3n) is 2.55. The van der Waals surface area contributed by atoms with Gasteiger partial charge in [0.15, 0.2) is 5.84 Å². The molecule has 0 saturated heterocycles. The zero-order valence-corrected chi connectivity index (χ0v) is 9.97. The highest BCUT2D eigenvalue weighted by atomic mass is 16.4. The van der Waals surface area contributed by atoms with Crippen molar-refractivity contribution < 1.29 is 10.0 Å². The lowest BCUT2D eigenvalue weighted by Crippen LogP contribution is -2.42. The normalized spacial score (nSPS) is 13.2. The first-order valence-corrected chi connectivity index (χ1v) is 5.46. The Morgan fingerprint density at radius 2 is 2.18 bits per heavy atom. The Labute approximate surface area is 100 Å². The third kappa shape index (κ3) is 3.21. The van der Waals surface area contributed by atoms with Gasteiger partial charge in [0.25, 0.3) is 5.91 Å². The molecular formula is C12H17N3O2. The number of carbonyl (C=O) groups excluding carboxylic acids is 1. The molecule has 5 nitrogen and oxygen atoms in total. The van der Waals surface area contributed by atoms with Gasteiger partial charge < -0.3 is 16.3 Å². The first kappa shape index (κ1) is 13.0. The van der Waals surface area contributed by atoms with Crippen molar-refractivity contribution in [3.05, 3.63) is 35.4 Å². The molecule has 0 spiro atoms. The number of aryl methyl sites for hydroxylation is 1. The van der Waals surface area contributed by atoms with E-state index in [2.05, 4.69) is 10.5 Å². The van der Waals surface area contributed by atoms with Crippen molar-refractivity contribution in [3.8, 4) is 0 Å². The molecule has 1 rings (SSSR count). The highest BCUT2D eigenvalue weighted by molar-refractivity contribution is 5.99. The van der Waals surface area contributed by atoms with Crippen LogP contribution in [0.1, 0.15) is 29.8 Å². The van der Waals surface area contributed by atoms with Crippen molar-refractivity contribution in [1.82, 2.24) is 5.32 Å². The van der Waals surface area contributed by atoms with Crippen LogP contribution in [0.2, 0.25) is 0 Å². The summed E-state index contributed by atoms with van der Waals surface area (Å²) in [5.41, 5.74) is 6.99. The van der Waals surface area contributed by atoms with Crippen molar-refractivity contribution in [2.75, 3.05) is 0 Å². The minimum Gasteiger partial charge on any atom is -0.409 e. The van der Waals surface area contributed by atoms with E-state index in [4.69, 9.17) is 10.9 Å². The van der Waals surface area contributed by atoms with Gasteiger partial charge in [0.05, 0.1) is 6.04 Å². The van der Waals surface area contributed by atoms with Crippen LogP contribution in [0.3, 0.4) is 0 Å². The highest BCUT2D eigenvalue weighted by Gasteiger charge is 2.14. The summed E-state index contributed by atoms with van der Waals surface area (Å²) in [5, 5.41) is 14.0. The van der Waals surface area contributed by atoms with E-state index in [1.54, 1.807) is 13.0 Å². The summed E-state index contributed by atoms with van der Waals surface area (Å²) in [5.74, 6) is -0.242. The molecule has 17 heavy (non-hydrogen) atoms. The average molecular weight is 235 g/mol. The van der Waals surface area contributed by atoms with Crippen LogP contribution in [0.5, 0.6) is 0 Å². The van der Waals surface area contributed by atoms with Crippen molar-refractivity contribution in [2.24, 2.45) is 10.9 Å². The van der Waals surface area contributed by atoms with Gasteiger partial charge in [0, 0.05) is 5.56 Å². The molecule has 0 aliphatic carbocycles. The third-order valence-corrected chi connectivity index (χ3v) is 2.55. The number of nitrogens with zero attached hydrogens (tertiary/aromatic N) is 1. The Hall–Kier alpha value is -2.04. The number of benzene rings is 1. The molecular weight excluding hydrogens is 218 g/mol. The van der Waals surface area contributed by atoms with Gasteiger partial charge in [-0.2, -0.15) is 0 Å². The van der Waals surface area contributed by atoms with Gasteiger partial charge in [-0.05, 0) is 25.0 Å². The van der Waals surface area contributed by atoms with Crippen molar-refractivity contribution in [2.45, 2.75) is 26.3 Å². The molecule has 0 bridgehead atoms. The molecule has 0 aromatic heterocycles. The largest absolute Gasteiger partial charge is 0.409 e. The first-order chi connectivity index (χ1) is 8.10. The SMILES string of the molecule is CCc1ccccc1C(=O)NC(C)/C(N)=N/O. The number of nitrogens with one attached hydrogen (secondary N) is 1. The molecule has 5 heteroatoms. The maximum Gasteiger partial charge on any atom is 0.252 e. The summed E-state index contributed by atoms with van der Waals surface area (Å²) in [7, 11) is 0. The summed E-state index contributed by atoms with van der Waals surface area (Å²) in [4.78, 5) is 12.0. The van der Waals surface area contributed by atoms with Crippen molar-refractivity contribution in [1.29, 1.82) is 0 Å². The fourth-order valence-electron chi connectivity index (χ4n) is 1.49. The minimum absolute atomic E-state index is 0.0210. The number of amides is 1. The number of oxime groups is 1. The Morgan fingerprint density at radius 3 is 2.76 bits per heavy atom. The number of rotatable bonds is 4. The van der Waals surface area contributed by atoms with Gasteiger partial charge in [-0.1, -0.05) is 30.3 Å². The van der Waals surface area contributed by atoms with Gasteiger partial charge >= 0.3 is 0 Å². The standard InChI is InChI=1S/C12H17N3O2/c1-3-9-6-4-5-7-10(9)12(16)14-8(2)11(13)15-17/h4-8,17H,3H2,1-2H3,(H2,13,15)(H,14,16). The Bertz CT molecular complexity index is 430. The summed E-state index contributed by atoms with van der Waals surface area (Å²) in [6.45, 7) is 3.64. The Balaban J connectivity index is 2.83. The summed E-state index contributed by atoms with van der Waals surface area (Å²) >= 11 is 0. The zero-order chi connectivity index (χ0) is 12.8. The van der Waals surface area contributed by atoms with Crippen molar-refractivity contribution in [3.63, 3.8) is 0 Å². The number of carbonyl (C=O) groups is 1. The van der Waals surface area contributed by atoms with E-state index >= 15 is 0 Å². The molecule has 1 unspecified atom stereocenters. The minimum atomic E-state index is -0.502. The molecule has 4 N–H and O–H groups in total. The van der Waals surface area contributed by atoms with Crippen LogP contribution in [0, 0.1) is 0 Å². The fourth-order valence-corrected chi connectivity index (χ4v) is 1.49. The average Bonchev–Trinajstić information content (AvgIpc) is 2.37. The predicted molar refractivity (Wildman–Crippen MR) is 66.2 cm³/mol. The lowest BCUT2D eigenvalue weighted by Gasteiger charge is -2.13. The number of amidine groups is 1. The summed E-state index contributed by atoms with van der Waals surface area (Å²) in [6, 6.07) is 6.86. The molecule has 0 heterocycles. The van der Waals surface area contributed by atoms with Gasteiger partial charge in [-0.3, -0.25) is 4.79 Å². The maximum atomic E-state index is 12.0. The van der Waals surface area contributed by atoms with Crippen LogP contribution in [0.15, 0.2) is 29.4 Å². The molecule has 0 radical (unpaired) electrons. The molecule has 92 valence electrons.